The highest BCUT2D eigenvalue weighted by molar-refractivity contribution is 6.30. The summed E-state index contributed by atoms with van der Waals surface area (Å²) in [7, 11) is 0. The molecule has 6 nitrogen and oxygen atoms in total. The Kier molecular flexibility index (Phi) is 7.66. The predicted molar refractivity (Wildman–Crippen MR) is 135 cm³/mol. The summed E-state index contributed by atoms with van der Waals surface area (Å²) in [6, 6.07) is 9.73. The van der Waals surface area contributed by atoms with Crippen LogP contribution in [-0.4, -0.2) is 44.6 Å². The van der Waals surface area contributed by atoms with Crippen molar-refractivity contribution in [2.24, 2.45) is 0 Å². The van der Waals surface area contributed by atoms with Crippen LogP contribution in [0.5, 0.6) is 0 Å². The minimum Gasteiger partial charge on any atom is -0.351 e. The van der Waals surface area contributed by atoms with Gasteiger partial charge in [0, 0.05) is 17.6 Å². The highest BCUT2D eigenvalue weighted by Crippen LogP contribution is 2.30. The summed E-state index contributed by atoms with van der Waals surface area (Å²) >= 11 is 6.04. The smallest absolute Gasteiger partial charge is 0.273 e. The molecule has 0 bridgehead atoms. The van der Waals surface area contributed by atoms with Crippen LogP contribution in [0.3, 0.4) is 0 Å². The van der Waals surface area contributed by atoms with E-state index < -0.39 is 5.54 Å². The lowest BCUT2D eigenvalue weighted by Crippen LogP contribution is -2.65. The van der Waals surface area contributed by atoms with Crippen molar-refractivity contribution in [3.63, 3.8) is 0 Å². The number of carbonyl (C=O) groups is 2. The van der Waals surface area contributed by atoms with Crippen molar-refractivity contribution >= 4 is 23.4 Å². The molecule has 2 aliphatic rings. The number of halogens is 1. The standard InChI is InChI=1S/C27H37ClN4O2/c1-19(2)23-17-24-25(33)31(16-15-20-11-13-21(28)14-12-20)27(3,18-32(24)30-23)26(34)29-22-9-7-5-4-6-8-10-22/h11-14,17,19,22H,4-10,15-16,18H2,1-3H3,(H,29,34)/t27-/m1/s1. The Hall–Kier alpha value is -2.34. The van der Waals surface area contributed by atoms with E-state index in [0.717, 1.165) is 36.9 Å². The number of aromatic nitrogens is 2. The summed E-state index contributed by atoms with van der Waals surface area (Å²) in [6.45, 7) is 6.84. The molecule has 1 aliphatic heterocycles. The molecule has 184 valence electrons. The number of hydrogen-bond acceptors (Lipinski definition) is 3. The fourth-order valence-corrected chi connectivity index (χ4v) is 5.25. The van der Waals surface area contributed by atoms with Crippen LogP contribution in [0.25, 0.3) is 0 Å². The van der Waals surface area contributed by atoms with E-state index in [1.54, 1.807) is 9.58 Å². The fourth-order valence-electron chi connectivity index (χ4n) is 5.13. The third-order valence-corrected chi connectivity index (χ3v) is 7.63. The molecule has 0 radical (unpaired) electrons. The van der Waals surface area contributed by atoms with Gasteiger partial charge >= 0.3 is 0 Å². The Balaban J connectivity index is 1.60. The molecule has 1 atom stereocenters. The molecule has 0 saturated heterocycles. The average molecular weight is 485 g/mol. The molecule has 1 saturated carbocycles. The van der Waals surface area contributed by atoms with Gasteiger partial charge in [0.2, 0.25) is 5.91 Å². The van der Waals surface area contributed by atoms with Gasteiger partial charge in [-0.2, -0.15) is 5.10 Å². The van der Waals surface area contributed by atoms with Crippen LogP contribution in [-0.2, 0) is 17.8 Å². The van der Waals surface area contributed by atoms with E-state index in [4.69, 9.17) is 11.6 Å². The molecule has 1 aromatic heterocycles. The van der Waals surface area contributed by atoms with Gasteiger partial charge in [0.25, 0.3) is 5.91 Å². The molecule has 1 aliphatic carbocycles. The van der Waals surface area contributed by atoms with Gasteiger partial charge in [0.05, 0.1) is 12.2 Å². The maximum atomic E-state index is 13.8. The van der Waals surface area contributed by atoms with Gasteiger partial charge in [-0.15, -0.1) is 0 Å². The van der Waals surface area contributed by atoms with Crippen LogP contribution in [0.1, 0.15) is 93.4 Å². The highest BCUT2D eigenvalue weighted by atomic mass is 35.5. The summed E-state index contributed by atoms with van der Waals surface area (Å²) in [5, 5.41) is 8.70. The monoisotopic (exact) mass is 484 g/mol. The second-order valence-electron chi connectivity index (χ2n) is 10.4. The second kappa shape index (κ2) is 10.5. The topological polar surface area (TPSA) is 67.2 Å². The van der Waals surface area contributed by atoms with E-state index in [1.165, 1.54) is 19.3 Å². The summed E-state index contributed by atoms with van der Waals surface area (Å²) in [5.74, 6) is 0.00753. The molecule has 0 spiro atoms. The van der Waals surface area contributed by atoms with Crippen molar-refractivity contribution in [3.05, 3.63) is 52.3 Å². The fraction of sp³-hybridized carbons (Fsp3) is 0.593. The predicted octanol–water partition coefficient (Wildman–Crippen LogP) is 5.35. The van der Waals surface area contributed by atoms with E-state index in [1.807, 2.05) is 37.3 Å². The first-order valence-electron chi connectivity index (χ1n) is 12.7. The lowest BCUT2D eigenvalue weighted by molar-refractivity contribution is -0.134. The number of hydrogen-bond donors (Lipinski definition) is 1. The van der Waals surface area contributed by atoms with E-state index >= 15 is 0 Å². The minimum absolute atomic E-state index is 0.0743. The van der Waals surface area contributed by atoms with Crippen LogP contribution in [0.2, 0.25) is 5.02 Å². The van der Waals surface area contributed by atoms with E-state index in [2.05, 4.69) is 24.3 Å². The van der Waals surface area contributed by atoms with Crippen molar-refractivity contribution in [2.75, 3.05) is 6.54 Å². The highest BCUT2D eigenvalue weighted by Gasteiger charge is 2.48. The number of nitrogens with zero attached hydrogens (tertiary/aromatic N) is 3. The van der Waals surface area contributed by atoms with Crippen LogP contribution in [0, 0.1) is 0 Å². The van der Waals surface area contributed by atoms with Crippen LogP contribution in [0.15, 0.2) is 30.3 Å². The van der Waals surface area contributed by atoms with Gasteiger partial charge in [-0.25, -0.2) is 0 Å². The first-order chi connectivity index (χ1) is 16.3. The second-order valence-corrected chi connectivity index (χ2v) is 10.8. The van der Waals surface area contributed by atoms with E-state index in [0.29, 0.717) is 30.2 Å². The number of carbonyl (C=O) groups excluding carboxylic acids is 2. The van der Waals surface area contributed by atoms with Crippen molar-refractivity contribution in [1.29, 1.82) is 0 Å². The maximum absolute atomic E-state index is 13.8. The van der Waals surface area contributed by atoms with Gasteiger partial charge in [-0.1, -0.05) is 69.7 Å². The van der Waals surface area contributed by atoms with E-state index in [9.17, 15) is 9.59 Å². The van der Waals surface area contributed by atoms with Gasteiger partial charge in [-0.3, -0.25) is 14.3 Å². The zero-order valence-electron chi connectivity index (χ0n) is 20.6. The number of amides is 2. The SMILES string of the molecule is CC(C)c1cc2n(n1)C[C@](C)(C(=O)NC1CCCCCCC1)N(CCc1ccc(Cl)cc1)C2=O. The van der Waals surface area contributed by atoms with Crippen LogP contribution in [0.4, 0.5) is 0 Å². The Bertz CT molecular complexity index is 1010. The Morgan fingerprint density at radius 3 is 2.44 bits per heavy atom. The van der Waals surface area contributed by atoms with Crippen LogP contribution < -0.4 is 5.32 Å². The minimum atomic E-state index is -1.00. The van der Waals surface area contributed by atoms with Crippen LogP contribution >= 0.6 is 11.6 Å². The number of benzene rings is 1. The number of fused-ring (bicyclic) bond motifs is 1. The number of rotatable bonds is 6. The molecule has 1 fully saturated rings. The first-order valence-corrected chi connectivity index (χ1v) is 13.1. The van der Waals surface area contributed by atoms with Gasteiger partial charge in [0.1, 0.15) is 11.2 Å². The average Bonchev–Trinajstić information content (AvgIpc) is 3.21. The third-order valence-electron chi connectivity index (χ3n) is 7.37. The molecule has 2 aromatic rings. The summed E-state index contributed by atoms with van der Waals surface area (Å²) in [5.41, 5.74) is 1.53. The molecule has 34 heavy (non-hydrogen) atoms. The summed E-state index contributed by atoms with van der Waals surface area (Å²) in [6.07, 6.45) is 8.68. The van der Waals surface area contributed by atoms with Gasteiger partial charge in [-0.05, 0) is 55.9 Å². The molecule has 2 heterocycles. The quantitative estimate of drug-likeness (QED) is 0.601. The number of nitrogens with one attached hydrogen (secondary N) is 1. The van der Waals surface area contributed by atoms with Crippen molar-refractivity contribution in [1.82, 2.24) is 20.0 Å². The van der Waals surface area contributed by atoms with Gasteiger partial charge in [0.15, 0.2) is 0 Å². The maximum Gasteiger partial charge on any atom is 0.273 e. The molecular weight excluding hydrogens is 448 g/mol. The summed E-state index contributed by atoms with van der Waals surface area (Å²) in [4.78, 5) is 29.3. The molecule has 2 amide bonds. The Labute approximate surface area is 208 Å². The van der Waals surface area contributed by atoms with Crippen molar-refractivity contribution < 1.29 is 9.59 Å². The molecule has 1 N–H and O–H groups in total. The zero-order valence-corrected chi connectivity index (χ0v) is 21.4. The van der Waals surface area contributed by atoms with Crippen molar-refractivity contribution in [2.45, 2.75) is 96.2 Å². The zero-order chi connectivity index (χ0) is 24.3. The normalized spacial score (nSPS) is 21.8. The third kappa shape index (κ3) is 5.32. The Morgan fingerprint density at radius 1 is 1.15 bits per heavy atom. The van der Waals surface area contributed by atoms with E-state index in [-0.39, 0.29) is 23.8 Å². The molecular formula is C27H37ClN4O2. The lowest BCUT2D eigenvalue weighted by atomic mass is 9.92. The largest absolute Gasteiger partial charge is 0.351 e. The molecule has 4 rings (SSSR count). The van der Waals surface area contributed by atoms with Crippen molar-refractivity contribution in [3.8, 4) is 0 Å². The Morgan fingerprint density at radius 2 is 1.79 bits per heavy atom. The summed E-state index contributed by atoms with van der Waals surface area (Å²) < 4.78 is 1.74. The lowest BCUT2D eigenvalue weighted by Gasteiger charge is -2.44. The molecule has 7 heteroatoms. The molecule has 0 unspecified atom stereocenters. The van der Waals surface area contributed by atoms with Gasteiger partial charge < -0.3 is 10.2 Å². The molecule has 1 aromatic carbocycles. The first kappa shape index (κ1) is 24.8.